The van der Waals surface area contributed by atoms with Gasteiger partial charge in [0, 0.05) is 17.0 Å². The summed E-state index contributed by atoms with van der Waals surface area (Å²) in [7, 11) is 0. The standard InChI is InChI=1S/C13H9N.C5H10O2.CH4.2H2N.Pt/c1-2-6-11-10(5-1)9-14-13-8-4-3-7-12(11)13;1-5(2,3)4(6)7;;;;/h1-9H;1-3H3,(H,6,7);1H4;2*1H2;/q;;;2*-1;+2. The molecule has 0 spiro atoms. The normalized spacial score (nSPS) is 9.24. The Morgan fingerprint density at radius 1 is 0.920 bits per heavy atom. The number of aromatic nitrogens is 1. The predicted octanol–water partition coefficient (Wildman–Crippen LogP) is 6.57. The van der Waals surface area contributed by atoms with Gasteiger partial charge in [0.2, 0.25) is 0 Å². The van der Waals surface area contributed by atoms with Gasteiger partial charge in [0.15, 0.2) is 0 Å². The van der Waals surface area contributed by atoms with Gasteiger partial charge in [-0.25, -0.2) is 0 Å². The van der Waals surface area contributed by atoms with E-state index in [0.29, 0.717) is 0 Å². The molecule has 0 aliphatic heterocycles. The molecule has 5 N–H and O–H groups in total. The molecule has 6 heteroatoms. The van der Waals surface area contributed by atoms with Crippen LogP contribution in [0.25, 0.3) is 34.0 Å². The topological polar surface area (TPSA) is 117 Å². The van der Waals surface area contributed by atoms with Crippen LogP contribution in [0.15, 0.2) is 54.7 Å². The molecular formula is C19H27N3O2Pt. The van der Waals surface area contributed by atoms with Gasteiger partial charge in [-0.2, -0.15) is 0 Å². The van der Waals surface area contributed by atoms with E-state index in [1.165, 1.54) is 16.2 Å². The number of para-hydroxylation sites is 1. The first-order valence-corrected chi connectivity index (χ1v) is 6.85. The van der Waals surface area contributed by atoms with Gasteiger partial charge < -0.3 is 17.4 Å². The zero-order valence-corrected chi connectivity index (χ0v) is 16.2. The maximum Gasteiger partial charge on any atom is 2.00 e. The second-order valence-corrected chi connectivity index (χ2v) is 5.92. The zero-order valence-electron chi connectivity index (χ0n) is 14.0. The van der Waals surface area contributed by atoms with Crippen molar-refractivity contribution in [2.45, 2.75) is 28.2 Å². The predicted molar refractivity (Wildman–Crippen MR) is 104 cm³/mol. The average Bonchev–Trinajstić information content (AvgIpc) is 2.47. The smallest absolute Gasteiger partial charge is 0.693 e. The van der Waals surface area contributed by atoms with E-state index in [1.54, 1.807) is 20.8 Å². The van der Waals surface area contributed by atoms with Crippen LogP contribution in [0.2, 0.25) is 0 Å². The molecule has 0 radical (unpaired) electrons. The summed E-state index contributed by atoms with van der Waals surface area (Å²) in [6, 6.07) is 16.6. The number of hydrogen-bond donors (Lipinski definition) is 1. The van der Waals surface area contributed by atoms with Crippen molar-refractivity contribution in [2.24, 2.45) is 5.41 Å². The van der Waals surface area contributed by atoms with Gasteiger partial charge >= 0.3 is 27.0 Å². The third-order valence-electron chi connectivity index (χ3n) is 3.14. The van der Waals surface area contributed by atoms with Crippen LogP contribution in [0.5, 0.6) is 0 Å². The molecular weight excluding hydrogens is 497 g/mol. The first-order chi connectivity index (χ1) is 9.89. The van der Waals surface area contributed by atoms with Gasteiger partial charge in [-0.05, 0) is 32.2 Å². The number of carbonyl (C=O) groups is 1. The molecule has 140 valence electrons. The zero-order chi connectivity index (χ0) is 15.5. The molecule has 1 heterocycles. The number of rotatable bonds is 0. The van der Waals surface area contributed by atoms with Crippen LogP contribution in [-0.2, 0) is 25.9 Å². The number of nitrogens with two attached hydrogens (primary N) is 2. The monoisotopic (exact) mass is 524 g/mol. The maximum absolute atomic E-state index is 10.0. The molecule has 3 aromatic rings. The Bertz CT molecular complexity index is 731. The Labute approximate surface area is 164 Å². The Hall–Kier alpha value is -1.81. The van der Waals surface area contributed by atoms with Crippen molar-refractivity contribution in [1.29, 1.82) is 0 Å². The molecule has 0 fully saturated rings. The first-order valence-electron chi connectivity index (χ1n) is 6.85. The van der Waals surface area contributed by atoms with Crippen molar-refractivity contribution >= 4 is 27.6 Å². The molecule has 0 saturated carbocycles. The van der Waals surface area contributed by atoms with E-state index < -0.39 is 11.4 Å². The fourth-order valence-corrected chi connectivity index (χ4v) is 1.81. The van der Waals surface area contributed by atoms with Gasteiger partial charge in [0.25, 0.3) is 0 Å². The number of pyridine rings is 1. The molecule has 0 aliphatic rings. The van der Waals surface area contributed by atoms with E-state index >= 15 is 0 Å². The largest absolute Gasteiger partial charge is 2.00 e. The van der Waals surface area contributed by atoms with Crippen LogP contribution in [0.4, 0.5) is 0 Å². The Morgan fingerprint density at radius 3 is 1.88 bits per heavy atom. The van der Waals surface area contributed by atoms with Crippen LogP contribution in [0.1, 0.15) is 28.2 Å². The summed E-state index contributed by atoms with van der Waals surface area (Å²) >= 11 is 0. The number of hydrogen-bond acceptors (Lipinski definition) is 2. The second-order valence-electron chi connectivity index (χ2n) is 5.92. The molecule has 0 bridgehead atoms. The van der Waals surface area contributed by atoms with Gasteiger partial charge in [0.05, 0.1) is 10.9 Å². The first kappa shape index (κ1) is 28.0. The number of aliphatic carboxylic acids is 1. The summed E-state index contributed by atoms with van der Waals surface area (Å²) in [6.07, 6.45) is 1.93. The quantitative estimate of drug-likeness (QED) is 0.335. The molecule has 2 aromatic carbocycles. The molecule has 5 nitrogen and oxygen atoms in total. The summed E-state index contributed by atoms with van der Waals surface area (Å²) in [5.74, 6) is -0.757. The summed E-state index contributed by atoms with van der Waals surface area (Å²) in [4.78, 5) is 14.4. The minimum atomic E-state index is -0.757. The maximum atomic E-state index is 10.0. The van der Waals surface area contributed by atoms with Gasteiger partial charge in [-0.1, -0.05) is 49.9 Å². The van der Waals surface area contributed by atoms with Crippen molar-refractivity contribution in [2.75, 3.05) is 0 Å². The Balaban J connectivity index is -0.000000393. The molecule has 25 heavy (non-hydrogen) atoms. The summed E-state index contributed by atoms with van der Waals surface area (Å²) < 4.78 is 0. The van der Waals surface area contributed by atoms with E-state index in [2.05, 4.69) is 35.3 Å². The van der Waals surface area contributed by atoms with Gasteiger partial charge in [0.1, 0.15) is 0 Å². The van der Waals surface area contributed by atoms with Crippen molar-refractivity contribution in [3.8, 4) is 0 Å². The molecule has 0 unspecified atom stereocenters. The van der Waals surface area contributed by atoms with E-state index in [0.717, 1.165) is 5.52 Å². The molecule has 0 amide bonds. The number of nitrogens with zero attached hydrogens (tertiary/aromatic N) is 1. The molecule has 0 atom stereocenters. The second kappa shape index (κ2) is 11.7. The summed E-state index contributed by atoms with van der Waals surface area (Å²) in [6.45, 7) is 4.99. The molecule has 1 aromatic heterocycles. The van der Waals surface area contributed by atoms with Crippen molar-refractivity contribution in [3.63, 3.8) is 0 Å². The van der Waals surface area contributed by atoms with E-state index in [4.69, 9.17) is 5.11 Å². The Morgan fingerprint density at radius 2 is 1.36 bits per heavy atom. The number of benzene rings is 2. The number of fused-ring (bicyclic) bond motifs is 3. The fraction of sp³-hybridized carbons (Fsp3) is 0.263. The summed E-state index contributed by atoms with van der Waals surface area (Å²) in [5, 5.41) is 12.0. The van der Waals surface area contributed by atoms with Crippen molar-refractivity contribution < 1.29 is 31.0 Å². The third-order valence-corrected chi connectivity index (χ3v) is 3.14. The van der Waals surface area contributed by atoms with Crippen LogP contribution < -0.4 is 0 Å². The minimum Gasteiger partial charge on any atom is -0.693 e. The van der Waals surface area contributed by atoms with Gasteiger partial charge in [-0.3, -0.25) is 9.78 Å². The number of carboxylic acid groups (broad SMARTS) is 1. The van der Waals surface area contributed by atoms with Crippen LogP contribution in [0.3, 0.4) is 0 Å². The van der Waals surface area contributed by atoms with Crippen molar-refractivity contribution in [1.82, 2.24) is 4.98 Å². The number of carboxylic acids is 1. The van der Waals surface area contributed by atoms with E-state index in [-0.39, 0.29) is 40.8 Å². The SMILES string of the molecule is C.CC(C)(C)C(=O)O.[NH2-].[NH2-].[Pt+2].c1ccc2c(c1)cnc1ccccc12. The van der Waals surface area contributed by atoms with Gasteiger partial charge in [-0.15, -0.1) is 0 Å². The minimum absolute atomic E-state index is 0. The van der Waals surface area contributed by atoms with Crippen LogP contribution in [-0.4, -0.2) is 16.1 Å². The third kappa shape index (κ3) is 7.30. The van der Waals surface area contributed by atoms with Crippen LogP contribution in [0, 0.1) is 5.41 Å². The molecule has 3 rings (SSSR count). The van der Waals surface area contributed by atoms with Crippen LogP contribution >= 0.6 is 0 Å². The average molecular weight is 525 g/mol. The summed E-state index contributed by atoms with van der Waals surface area (Å²) in [5.41, 5.74) is 0.478. The fourth-order valence-electron chi connectivity index (χ4n) is 1.81. The van der Waals surface area contributed by atoms with Crippen molar-refractivity contribution in [3.05, 3.63) is 67.0 Å². The Kier molecular flexibility index (Phi) is 13.1. The molecule has 0 aliphatic carbocycles. The van der Waals surface area contributed by atoms with E-state index in [1.807, 2.05) is 24.4 Å². The molecule has 0 saturated heterocycles. The van der Waals surface area contributed by atoms with E-state index in [9.17, 15) is 4.79 Å².